The Morgan fingerprint density at radius 2 is 1.01 bits per heavy atom. The number of rotatable bonds is 5. The molecule has 5 heterocycles. The fourth-order valence-electron chi connectivity index (χ4n) is 11.3. The van der Waals surface area contributed by atoms with E-state index in [2.05, 4.69) is 245 Å². The highest BCUT2D eigenvalue weighted by atomic mass is 28.3. The van der Waals surface area contributed by atoms with Crippen molar-refractivity contribution in [2.75, 3.05) is 21.4 Å². The summed E-state index contributed by atoms with van der Waals surface area (Å²) in [6.45, 7) is 24.5. The lowest BCUT2D eigenvalue weighted by Gasteiger charge is -2.49. The maximum Gasteiger partial charge on any atom is 0.137 e. The molecule has 2 aromatic heterocycles. The Hall–Kier alpha value is -6.88. The Kier molecular flexibility index (Phi) is 9.25. The Labute approximate surface area is 403 Å². The van der Waals surface area contributed by atoms with Gasteiger partial charge in [-0.3, -0.25) is 4.57 Å². The number of hydrogen-bond acceptors (Lipinski definition) is 5. The Morgan fingerprint density at radius 3 is 1.63 bits per heavy atom. The number of anilines is 7. The van der Waals surface area contributed by atoms with Crippen LogP contribution in [0, 0.1) is 0 Å². The minimum atomic E-state index is -2.14. The van der Waals surface area contributed by atoms with Crippen LogP contribution in [0.3, 0.4) is 0 Å². The maximum atomic E-state index is 7.03. The molecule has 0 atom stereocenters. The molecule has 6 nitrogen and oxygen atoms in total. The molecule has 3 aliphatic rings. The summed E-state index contributed by atoms with van der Waals surface area (Å²) in [6, 6.07) is 58.8. The van der Waals surface area contributed by atoms with Gasteiger partial charge in [-0.15, -0.1) is 0 Å². The van der Waals surface area contributed by atoms with Crippen LogP contribution in [0.5, 0.6) is 11.5 Å². The lowest BCUT2D eigenvalue weighted by atomic mass is 9.86. The minimum absolute atomic E-state index is 0.0113. The molecule has 0 aliphatic carbocycles. The number of fused-ring (bicyclic) bond motifs is 8. The van der Waals surface area contributed by atoms with Gasteiger partial charge < -0.3 is 19.4 Å². The second kappa shape index (κ2) is 14.8. The van der Waals surface area contributed by atoms with Gasteiger partial charge in [-0.2, -0.15) is 0 Å². The average Bonchev–Trinajstić information content (AvgIpc) is 3.87. The predicted molar refractivity (Wildman–Crippen MR) is 293 cm³/mol. The monoisotopic (exact) mass is 921 g/mol. The van der Waals surface area contributed by atoms with E-state index in [1.54, 1.807) is 0 Å². The van der Waals surface area contributed by atoms with E-state index in [9.17, 15) is 0 Å². The van der Waals surface area contributed by atoms with Crippen LogP contribution in [0.4, 0.5) is 39.8 Å². The van der Waals surface area contributed by atoms with Crippen LogP contribution < -0.4 is 40.2 Å². The average molecular weight is 922 g/mol. The van der Waals surface area contributed by atoms with E-state index < -0.39 is 16.1 Å². The van der Waals surface area contributed by atoms with Crippen molar-refractivity contribution in [2.24, 2.45) is 0 Å². The first-order chi connectivity index (χ1) is 32.5. The van der Waals surface area contributed by atoms with Crippen molar-refractivity contribution in [3.05, 3.63) is 175 Å². The molecule has 0 amide bonds. The van der Waals surface area contributed by atoms with Crippen molar-refractivity contribution in [1.29, 1.82) is 0 Å². The molecule has 9 aromatic rings. The van der Waals surface area contributed by atoms with Gasteiger partial charge in [0.25, 0.3) is 0 Å². The first kappa shape index (κ1) is 42.5. The summed E-state index contributed by atoms with van der Waals surface area (Å²) in [5.41, 5.74) is 13.4. The molecule has 0 saturated heterocycles. The second-order valence-corrected chi connectivity index (χ2v) is 30.9. The van der Waals surface area contributed by atoms with Gasteiger partial charge in [0.05, 0.1) is 22.4 Å². The zero-order valence-electron chi connectivity index (χ0n) is 40.9. The molecule has 0 bridgehead atoms. The molecule has 3 aliphatic heterocycles. The van der Waals surface area contributed by atoms with Crippen LogP contribution in [0.2, 0.25) is 26.2 Å². The number of benzene rings is 7. The van der Waals surface area contributed by atoms with Crippen molar-refractivity contribution in [2.45, 2.75) is 78.6 Å². The lowest BCUT2D eigenvalue weighted by Crippen LogP contribution is -2.66. The van der Waals surface area contributed by atoms with Crippen molar-refractivity contribution in [3.63, 3.8) is 0 Å². The molecule has 0 unspecified atom stereocenters. The topological polar surface area (TPSA) is 36.8 Å². The van der Waals surface area contributed by atoms with Gasteiger partial charge in [0.15, 0.2) is 0 Å². The third-order valence-corrected chi connectivity index (χ3v) is 22.1. The highest BCUT2D eigenvalue weighted by Gasteiger charge is 2.47. The molecule has 7 aromatic carbocycles. The zero-order valence-corrected chi connectivity index (χ0v) is 42.9. The summed E-state index contributed by atoms with van der Waals surface area (Å²) in [5, 5.41) is 8.40. The van der Waals surface area contributed by atoms with Crippen molar-refractivity contribution >= 4 is 98.5 Å². The van der Waals surface area contributed by atoms with Crippen LogP contribution in [0.15, 0.2) is 164 Å². The number of aromatic nitrogens is 2. The first-order valence-electron chi connectivity index (χ1n) is 24.1. The van der Waals surface area contributed by atoms with E-state index in [4.69, 9.17) is 9.72 Å². The smallest absolute Gasteiger partial charge is 0.137 e. The Morgan fingerprint density at radius 1 is 0.471 bits per heavy atom. The van der Waals surface area contributed by atoms with Crippen LogP contribution in [-0.2, 0) is 10.8 Å². The second-order valence-electron chi connectivity index (χ2n) is 22.2. The van der Waals surface area contributed by atoms with E-state index in [0.717, 1.165) is 34.0 Å². The van der Waals surface area contributed by atoms with E-state index in [-0.39, 0.29) is 10.8 Å². The molecule has 12 rings (SSSR count). The summed E-state index contributed by atoms with van der Waals surface area (Å²) in [7, 11) is -4.28. The summed E-state index contributed by atoms with van der Waals surface area (Å²) in [5.74, 6) is 2.50. The SMILES string of the molecule is CC(C)(C)c1cc(Oc2ccc3c4ccccc4n(-c4cc(C(C)(C)C)ccn4)c3c2)cc(N2CN(c3cc4c5c(c3)[Si](C)(C)c3ccccc3N5c3ccccc3[Si]4(C)C)c3ccccc32)c1. The fourth-order valence-corrected chi connectivity index (χ4v) is 17.4. The van der Waals surface area contributed by atoms with Gasteiger partial charge in [-0.1, -0.05) is 134 Å². The molecule has 68 heavy (non-hydrogen) atoms. The van der Waals surface area contributed by atoms with E-state index in [1.807, 2.05) is 6.20 Å². The third kappa shape index (κ3) is 6.44. The highest BCUT2D eigenvalue weighted by molar-refractivity contribution is 7.07. The molecule has 0 N–H and O–H groups in total. The molecular formula is C60H59N5OSi2. The van der Waals surface area contributed by atoms with Crippen LogP contribution >= 0.6 is 0 Å². The molecule has 0 radical (unpaired) electrons. The van der Waals surface area contributed by atoms with Crippen molar-refractivity contribution in [1.82, 2.24) is 9.55 Å². The third-order valence-electron chi connectivity index (χ3n) is 15.1. The molecule has 0 saturated carbocycles. The zero-order chi connectivity index (χ0) is 47.1. The van der Waals surface area contributed by atoms with E-state index in [1.165, 1.54) is 76.8 Å². The van der Waals surface area contributed by atoms with Gasteiger partial charge in [0.1, 0.15) is 40.1 Å². The molecule has 0 spiro atoms. The quantitative estimate of drug-likeness (QED) is 0.161. The number of ether oxygens (including phenoxy) is 1. The normalized spacial score (nSPS) is 15.6. The fraction of sp³-hybridized carbons (Fsp3) is 0.217. The van der Waals surface area contributed by atoms with Crippen molar-refractivity contribution in [3.8, 4) is 17.3 Å². The number of nitrogens with zero attached hydrogens (tertiary/aromatic N) is 5. The Balaban J connectivity index is 0.966. The summed E-state index contributed by atoms with van der Waals surface area (Å²) in [6.07, 6.45) is 1.94. The summed E-state index contributed by atoms with van der Waals surface area (Å²) >= 11 is 0. The number of hydrogen-bond donors (Lipinski definition) is 0. The maximum absolute atomic E-state index is 7.03. The van der Waals surface area contributed by atoms with Crippen LogP contribution in [0.25, 0.3) is 27.6 Å². The summed E-state index contributed by atoms with van der Waals surface area (Å²) < 4.78 is 9.32. The largest absolute Gasteiger partial charge is 0.457 e. The number of para-hydroxylation sites is 5. The highest BCUT2D eigenvalue weighted by Crippen LogP contribution is 2.48. The predicted octanol–water partition coefficient (Wildman–Crippen LogP) is 13.6. The molecule has 0 fully saturated rings. The standard InChI is InChI=1S/C60H59N5OSi2/c1-59(2,3)39-29-30-61-57(33-39)64-47-20-12-11-19-45(47)46-28-27-43(37-52(46)64)66-44-32-40(60(4,5)6)31-41(34-44)62-38-63(49-22-14-13-21-48(49)62)42-35-55-58-56(36-42)68(9,10)54-26-18-16-24-51(54)65(58)50-23-15-17-25-53(50)67(55,7)8/h11-37H,38H2,1-10H3. The van der Waals surface area contributed by atoms with E-state index >= 15 is 0 Å². The van der Waals surface area contributed by atoms with Crippen LogP contribution in [-0.4, -0.2) is 32.4 Å². The van der Waals surface area contributed by atoms with Gasteiger partial charge in [-0.05, 0) is 122 Å². The van der Waals surface area contributed by atoms with Crippen LogP contribution in [0.1, 0.15) is 52.7 Å². The van der Waals surface area contributed by atoms with Gasteiger partial charge in [-0.25, -0.2) is 4.98 Å². The Bertz CT molecular complexity index is 3460. The first-order valence-corrected chi connectivity index (χ1v) is 30.1. The molecule has 8 heteroatoms. The molecular weight excluding hydrogens is 863 g/mol. The minimum Gasteiger partial charge on any atom is -0.457 e. The number of pyridine rings is 1. The summed E-state index contributed by atoms with van der Waals surface area (Å²) in [4.78, 5) is 12.6. The van der Waals surface area contributed by atoms with Gasteiger partial charge in [0, 0.05) is 57.5 Å². The lowest BCUT2D eigenvalue weighted by molar-refractivity contribution is 0.479. The van der Waals surface area contributed by atoms with Gasteiger partial charge in [0.2, 0.25) is 0 Å². The van der Waals surface area contributed by atoms with E-state index in [0.29, 0.717) is 6.67 Å². The van der Waals surface area contributed by atoms with Crippen molar-refractivity contribution < 1.29 is 4.74 Å². The molecule has 338 valence electrons. The van der Waals surface area contributed by atoms with Gasteiger partial charge >= 0.3 is 0 Å².